The maximum Gasteiger partial charge on any atom is 0.282 e. The molecule has 0 unspecified atom stereocenters. The number of benzene rings is 3. The Bertz CT molecular complexity index is 1570. The molecule has 4 aromatic rings. The first kappa shape index (κ1) is 27.8. The lowest BCUT2D eigenvalue weighted by Crippen LogP contribution is -2.22. The molecule has 0 radical (unpaired) electrons. The minimum Gasteiger partial charge on any atom is -0.493 e. The second-order valence-electron chi connectivity index (χ2n) is 8.17. The summed E-state index contributed by atoms with van der Waals surface area (Å²) in [6.07, 6.45) is 2.84. The summed E-state index contributed by atoms with van der Waals surface area (Å²) in [6, 6.07) is 15.6. The molecule has 0 bridgehead atoms. The number of fused-ring (bicyclic) bond motifs is 1. The maximum absolute atomic E-state index is 13.3. The molecule has 1 heterocycles. The third kappa shape index (κ3) is 6.61. The molecule has 3 aromatic carbocycles. The molecular formula is C27H23Br2ClN4O4. The number of aromatic nitrogens is 2. The van der Waals surface area contributed by atoms with Gasteiger partial charge in [-0.2, -0.15) is 9.78 Å². The third-order valence-electron chi connectivity index (χ3n) is 5.41. The van der Waals surface area contributed by atoms with Crippen molar-refractivity contribution in [3.05, 3.63) is 90.3 Å². The molecule has 4 rings (SSSR count). The van der Waals surface area contributed by atoms with E-state index in [2.05, 4.69) is 47.3 Å². The fourth-order valence-electron chi connectivity index (χ4n) is 3.68. The van der Waals surface area contributed by atoms with Crippen LogP contribution in [-0.2, 0) is 11.2 Å². The van der Waals surface area contributed by atoms with Crippen LogP contribution in [0.2, 0.25) is 5.02 Å². The molecular weight excluding hydrogens is 640 g/mol. The minimum absolute atomic E-state index is 0.284. The van der Waals surface area contributed by atoms with Gasteiger partial charge in [0, 0.05) is 31.6 Å². The summed E-state index contributed by atoms with van der Waals surface area (Å²) in [5.74, 6) is 0.857. The Morgan fingerprint density at radius 1 is 1.13 bits per heavy atom. The van der Waals surface area contributed by atoms with Crippen LogP contribution >= 0.6 is 43.5 Å². The fourth-order valence-corrected chi connectivity index (χ4v) is 4.62. The Morgan fingerprint density at radius 3 is 2.61 bits per heavy atom. The summed E-state index contributed by atoms with van der Waals surface area (Å²) in [5, 5.41) is 8.25. The van der Waals surface area contributed by atoms with Crippen LogP contribution in [0.15, 0.2) is 73.4 Å². The van der Waals surface area contributed by atoms with Gasteiger partial charge >= 0.3 is 0 Å². The number of hydrogen-bond donors (Lipinski definition) is 1. The van der Waals surface area contributed by atoms with E-state index in [-0.39, 0.29) is 18.1 Å². The predicted molar refractivity (Wildman–Crippen MR) is 157 cm³/mol. The zero-order chi connectivity index (χ0) is 27.2. The van der Waals surface area contributed by atoms with Gasteiger partial charge in [0.2, 0.25) is 0 Å². The van der Waals surface area contributed by atoms with Crippen LogP contribution in [0.25, 0.3) is 10.9 Å². The molecule has 0 atom stereocenters. The molecule has 8 nitrogen and oxygen atoms in total. The van der Waals surface area contributed by atoms with Crippen molar-refractivity contribution in [3.63, 3.8) is 0 Å². The monoisotopic (exact) mass is 660 g/mol. The number of carbonyl (C=O) groups is 1. The Morgan fingerprint density at radius 2 is 1.89 bits per heavy atom. The van der Waals surface area contributed by atoms with Crippen LogP contribution < -0.4 is 20.3 Å². The summed E-state index contributed by atoms with van der Waals surface area (Å²) in [5.41, 5.74) is 1.40. The van der Waals surface area contributed by atoms with E-state index in [1.807, 2.05) is 13.0 Å². The zero-order valence-corrected chi connectivity index (χ0v) is 24.4. The molecule has 38 heavy (non-hydrogen) atoms. The Balaban J connectivity index is 1.67. The van der Waals surface area contributed by atoms with Crippen molar-refractivity contribution in [1.29, 1.82) is 0 Å². The standard InChI is InChI=1S/C27H23Br2ClN4O4/c1-3-4-24-33-22-10-5-17(28)12-21(22)27(36)34(24)31-14-16-11-18(29)13-23(37-2)26(16)38-15-25(35)32-20-8-6-19(30)7-9-20/h5-14H,3-4,15H2,1-2H3,(H,32,35). The highest BCUT2D eigenvalue weighted by Gasteiger charge is 2.15. The van der Waals surface area contributed by atoms with Crippen molar-refractivity contribution in [3.8, 4) is 11.5 Å². The SMILES string of the molecule is CCCc1nc2ccc(Br)cc2c(=O)n1N=Cc1cc(Br)cc(OC)c1OCC(=O)Nc1ccc(Cl)cc1. The second kappa shape index (κ2) is 12.6. The average Bonchev–Trinajstić information content (AvgIpc) is 2.89. The third-order valence-corrected chi connectivity index (χ3v) is 6.61. The lowest BCUT2D eigenvalue weighted by molar-refractivity contribution is -0.118. The zero-order valence-electron chi connectivity index (χ0n) is 20.5. The summed E-state index contributed by atoms with van der Waals surface area (Å²) >= 11 is 12.8. The van der Waals surface area contributed by atoms with Gasteiger partial charge in [-0.3, -0.25) is 9.59 Å². The van der Waals surface area contributed by atoms with Gasteiger partial charge in [0.05, 0.1) is 24.2 Å². The van der Waals surface area contributed by atoms with E-state index in [0.717, 1.165) is 10.9 Å². The summed E-state index contributed by atoms with van der Waals surface area (Å²) in [6.45, 7) is 1.72. The summed E-state index contributed by atoms with van der Waals surface area (Å²) < 4.78 is 14.1. The van der Waals surface area contributed by atoms with Crippen LogP contribution in [0, 0.1) is 0 Å². The number of halogens is 3. The first-order valence-electron chi connectivity index (χ1n) is 11.6. The molecule has 0 spiro atoms. The first-order chi connectivity index (χ1) is 18.3. The number of methoxy groups -OCH3 is 1. The first-order valence-corrected chi connectivity index (χ1v) is 13.6. The highest BCUT2D eigenvalue weighted by atomic mass is 79.9. The van der Waals surface area contributed by atoms with Crippen molar-refractivity contribution in [2.75, 3.05) is 19.0 Å². The Kier molecular flexibility index (Phi) is 9.19. The Labute approximate surface area is 240 Å². The quantitative estimate of drug-likeness (QED) is 0.209. The number of ether oxygens (including phenoxy) is 2. The molecule has 1 N–H and O–H groups in total. The number of anilines is 1. The normalized spacial score (nSPS) is 11.2. The van der Waals surface area contributed by atoms with E-state index in [4.69, 9.17) is 21.1 Å². The van der Waals surface area contributed by atoms with Gasteiger partial charge in [-0.1, -0.05) is 50.4 Å². The van der Waals surface area contributed by atoms with Crippen molar-refractivity contribution in [2.45, 2.75) is 19.8 Å². The van der Waals surface area contributed by atoms with E-state index in [1.54, 1.807) is 48.5 Å². The van der Waals surface area contributed by atoms with Gasteiger partial charge in [0.25, 0.3) is 11.5 Å². The highest BCUT2D eigenvalue weighted by molar-refractivity contribution is 9.10. The van der Waals surface area contributed by atoms with Crippen molar-refractivity contribution in [1.82, 2.24) is 9.66 Å². The minimum atomic E-state index is -0.369. The molecule has 0 saturated heterocycles. The van der Waals surface area contributed by atoms with E-state index >= 15 is 0 Å². The number of aryl methyl sites for hydroxylation is 1. The van der Waals surface area contributed by atoms with Gasteiger partial charge in [-0.15, -0.1) is 0 Å². The van der Waals surface area contributed by atoms with E-state index < -0.39 is 0 Å². The molecule has 0 aliphatic rings. The van der Waals surface area contributed by atoms with Crippen LogP contribution in [0.4, 0.5) is 5.69 Å². The lowest BCUT2D eigenvalue weighted by Gasteiger charge is -2.14. The van der Waals surface area contributed by atoms with Crippen LogP contribution in [0.5, 0.6) is 11.5 Å². The van der Waals surface area contributed by atoms with Gasteiger partial charge in [0.15, 0.2) is 18.1 Å². The van der Waals surface area contributed by atoms with Gasteiger partial charge in [0.1, 0.15) is 5.82 Å². The number of carbonyl (C=O) groups excluding carboxylic acids is 1. The van der Waals surface area contributed by atoms with Gasteiger partial charge in [-0.25, -0.2) is 4.98 Å². The molecule has 1 amide bonds. The highest BCUT2D eigenvalue weighted by Crippen LogP contribution is 2.34. The van der Waals surface area contributed by atoms with Crippen LogP contribution in [0.3, 0.4) is 0 Å². The summed E-state index contributed by atoms with van der Waals surface area (Å²) in [4.78, 5) is 30.5. The molecule has 0 saturated carbocycles. The predicted octanol–water partition coefficient (Wildman–Crippen LogP) is 6.44. The summed E-state index contributed by atoms with van der Waals surface area (Å²) in [7, 11) is 1.50. The number of nitrogens with zero attached hydrogens (tertiary/aromatic N) is 3. The second-order valence-corrected chi connectivity index (χ2v) is 10.4. The van der Waals surface area contributed by atoms with E-state index in [1.165, 1.54) is 18.0 Å². The van der Waals surface area contributed by atoms with E-state index in [0.29, 0.717) is 55.4 Å². The molecule has 0 fully saturated rings. The number of nitrogens with one attached hydrogen (secondary N) is 1. The number of rotatable bonds is 9. The van der Waals surface area contributed by atoms with Crippen molar-refractivity contribution >= 4 is 72.2 Å². The molecule has 0 aliphatic heterocycles. The molecule has 0 aliphatic carbocycles. The van der Waals surface area contributed by atoms with Gasteiger partial charge < -0.3 is 14.8 Å². The molecule has 11 heteroatoms. The molecule has 196 valence electrons. The maximum atomic E-state index is 13.3. The molecule has 1 aromatic heterocycles. The van der Waals surface area contributed by atoms with Crippen molar-refractivity contribution < 1.29 is 14.3 Å². The van der Waals surface area contributed by atoms with Gasteiger partial charge in [-0.05, 0) is 61.0 Å². The Hall–Kier alpha value is -3.21. The van der Waals surface area contributed by atoms with E-state index in [9.17, 15) is 9.59 Å². The van der Waals surface area contributed by atoms with Crippen LogP contribution in [0.1, 0.15) is 24.7 Å². The number of amides is 1. The smallest absolute Gasteiger partial charge is 0.282 e. The lowest BCUT2D eigenvalue weighted by atomic mass is 10.2. The van der Waals surface area contributed by atoms with Crippen LogP contribution in [-0.4, -0.2) is 35.5 Å². The average molecular weight is 663 g/mol. The topological polar surface area (TPSA) is 94.8 Å². The fraction of sp³-hybridized carbons (Fsp3) is 0.185. The number of hydrogen-bond acceptors (Lipinski definition) is 6. The van der Waals surface area contributed by atoms with Crippen molar-refractivity contribution in [2.24, 2.45) is 5.10 Å². The largest absolute Gasteiger partial charge is 0.493 e.